The van der Waals surface area contributed by atoms with E-state index < -0.39 is 0 Å². The van der Waals surface area contributed by atoms with Gasteiger partial charge >= 0.3 is 0 Å². The zero-order chi connectivity index (χ0) is 14.5. The van der Waals surface area contributed by atoms with Crippen molar-refractivity contribution in [2.75, 3.05) is 6.54 Å². The van der Waals surface area contributed by atoms with Crippen LogP contribution in [0.2, 0.25) is 0 Å². The van der Waals surface area contributed by atoms with Crippen LogP contribution in [0.5, 0.6) is 0 Å². The van der Waals surface area contributed by atoms with Crippen LogP contribution >= 0.6 is 0 Å². The number of aromatic nitrogens is 2. The quantitative estimate of drug-likeness (QED) is 0.858. The molecule has 1 aromatic carbocycles. The van der Waals surface area contributed by atoms with E-state index in [4.69, 9.17) is 0 Å². The van der Waals surface area contributed by atoms with Gasteiger partial charge in [0.1, 0.15) is 5.69 Å². The molecule has 3 rings (SSSR count). The van der Waals surface area contributed by atoms with Gasteiger partial charge in [0.2, 0.25) is 0 Å². The molecule has 1 saturated heterocycles. The lowest BCUT2D eigenvalue weighted by molar-refractivity contribution is 0.0966. The van der Waals surface area contributed by atoms with Gasteiger partial charge in [0.05, 0.1) is 11.9 Å². The number of para-hydroxylation sites is 1. The molecule has 1 aromatic heterocycles. The molecule has 0 aliphatic carbocycles. The molecule has 0 bridgehead atoms. The van der Waals surface area contributed by atoms with Gasteiger partial charge in [0.15, 0.2) is 5.78 Å². The molecule has 1 unspecified atom stereocenters. The molecule has 1 fully saturated rings. The van der Waals surface area contributed by atoms with Gasteiger partial charge in [0.25, 0.3) is 0 Å². The van der Waals surface area contributed by atoms with Crippen LogP contribution in [0.3, 0.4) is 0 Å². The summed E-state index contributed by atoms with van der Waals surface area (Å²) in [6, 6.07) is 12.1. The van der Waals surface area contributed by atoms with E-state index in [2.05, 4.69) is 10.4 Å². The Bertz CT molecular complexity index is 585. The van der Waals surface area contributed by atoms with Crippen molar-refractivity contribution in [1.82, 2.24) is 15.1 Å². The minimum absolute atomic E-state index is 0.170. The third-order valence-electron chi connectivity index (χ3n) is 4.06. The van der Waals surface area contributed by atoms with E-state index in [1.165, 1.54) is 19.3 Å². The molecular weight excluding hydrogens is 262 g/mol. The third kappa shape index (κ3) is 3.39. The second-order valence-electron chi connectivity index (χ2n) is 5.57. The highest BCUT2D eigenvalue weighted by atomic mass is 16.1. The number of nitrogens with one attached hydrogen (secondary N) is 1. The number of benzene rings is 1. The summed E-state index contributed by atoms with van der Waals surface area (Å²) in [6.45, 7) is 1.08. The predicted molar refractivity (Wildman–Crippen MR) is 82.8 cm³/mol. The maximum Gasteiger partial charge on any atom is 0.181 e. The van der Waals surface area contributed by atoms with E-state index >= 15 is 0 Å². The van der Waals surface area contributed by atoms with E-state index in [1.807, 2.05) is 36.4 Å². The van der Waals surface area contributed by atoms with Gasteiger partial charge < -0.3 is 5.32 Å². The second kappa shape index (κ2) is 6.68. The number of ketones is 1. The smallest absolute Gasteiger partial charge is 0.181 e. The monoisotopic (exact) mass is 283 g/mol. The second-order valence-corrected chi connectivity index (χ2v) is 5.57. The SMILES string of the molecule is O=C(CCC1CCCCN1)c1ccnn1-c1ccccc1. The molecule has 0 saturated carbocycles. The summed E-state index contributed by atoms with van der Waals surface area (Å²) in [5.74, 6) is 0.170. The Balaban J connectivity index is 1.66. The molecule has 1 N–H and O–H groups in total. The summed E-state index contributed by atoms with van der Waals surface area (Å²) in [7, 11) is 0. The van der Waals surface area contributed by atoms with Crippen LogP contribution in [-0.4, -0.2) is 28.2 Å². The van der Waals surface area contributed by atoms with Crippen molar-refractivity contribution < 1.29 is 4.79 Å². The molecule has 110 valence electrons. The highest BCUT2D eigenvalue weighted by molar-refractivity contribution is 5.94. The zero-order valence-electron chi connectivity index (χ0n) is 12.2. The van der Waals surface area contributed by atoms with Gasteiger partial charge in [-0.1, -0.05) is 24.6 Å². The summed E-state index contributed by atoms with van der Waals surface area (Å²) in [5, 5.41) is 7.77. The van der Waals surface area contributed by atoms with E-state index in [-0.39, 0.29) is 5.78 Å². The van der Waals surface area contributed by atoms with E-state index in [1.54, 1.807) is 10.9 Å². The van der Waals surface area contributed by atoms with Gasteiger partial charge in [-0.05, 0) is 44.0 Å². The van der Waals surface area contributed by atoms with E-state index in [9.17, 15) is 4.79 Å². The zero-order valence-corrected chi connectivity index (χ0v) is 12.2. The molecule has 2 heterocycles. The highest BCUT2D eigenvalue weighted by Gasteiger charge is 2.17. The summed E-state index contributed by atoms with van der Waals surface area (Å²) >= 11 is 0. The topological polar surface area (TPSA) is 46.9 Å². The molecular formula is C17H21N3O. The van der Waals surface area contributed by atoms with Gasteiger partial charge in [-0.3, -0.25) is 4.79 Å². The predicted octanol–water partition coefficient (Wildman–Crippen LogP) is 2.98. The lowest BCUT2D eigenvalue weighted by Gasteiger charge is -2.23. The van der Waals surface area contributed by atoms with Crippen LogP contribution in [-0.2, 0) is 0 Å². The van der Waals surface area contributed by atoms with Crippen molar-refractivity contribution in [3.8, 4) is 5.69 Å². The first-order chi connectivity index (χ1) is 10.3. The highest BCUT2D eigenvalue weighted by Crippen LogP contribution is 2.16. The van der Waals surface area contributed by atoms with Crippen molar-refractivity contribution in [2.24, 2.45) is 0 Å². The lowest BCUT2D eigenvalue weighted by atomic mass is 9.99. The fraction of sp³-hybridized carbons (Fsp3) is 0.412. The van der Waals surface area contributed by atoms with E-state index in [0.29, 0.717) is 18.2 Å². The number of Topliss-reactive ketones (excluding diaryl/α,β-unsaturated/α-hetero) is 1. The number of hydrogen-bond donors (Lipinski definition) is 1. The largest absolute Gasteiger partial charge is 0.314 e. The molecule has 2 aromatic rings. The number of rotatable bonds is 5. The maximum absolute atomic E-state index is 12.5. The Kier molecular flexibility index (Phi) is 4.46. The molecule has 4 heteroatoms. The minimum Gasteiger partial charge on any atom is -0.314 e. The van der Waals surface area contributed by atoms with Crippen molar-refractivity contribution in [1.29, 1.82) is 0 Å². The molecule has 21 heavy (non-hydrogen) atoms. The Morgan fingerprint density at radius 1 is 1.24 bits per heavy atom. The summed E-state index contributed by atoms with van der Waals surface area (Å²) < 4.78 is 1.73. The van der Waals surface area contributed by atoms with Crippen LogP contribution in [0, 0.1) is 0 Å². The van der Waals surface area contributed by atoms with Gasteiger partial charge in [-0.15, -0.1) is 0 Å². The van der Waals surface area contributed by atoms with Gasteiger partial charge in [0, 0.05) is 12.5 Å². The summed E-state index contributed by atoms with van der Waals surface area (Å²) in [5.41, 5.74) is 1.61. The van der Waals surface area contributed by atoms with Crippen LogP contribution in [0.4, 0.5) is 0 Å². The maximum atomic E-state index is 12.5. The lowest BCUT2D eigenvalue weighted by Crippen LogP contribution is -2.34. The Hall–Kier alpha value is -1.94. The number of carbonyl (C=O) groups excluding carboxylic acids is 1. The Morgan fingerprint density at radius 3 is 2.86 bits per heavy atom. The number of carbonyl (C=O) groups is 1. The van der Waals surface area contributed by atoms with Crippen molar-refractivity contribution in [2.45, 2.75) is 38.1 Å². The van der Waals surface area contributed by atoms with Crippen LogP contribution in [0.15, 0.2) is 42.6 Å². The normalized spacial score (nSPS) is 18.6. The third-order valence-corrected chi connectivity index (χ3v) is 4.06. The fourth-order valence-corrected chi connectivity index (χ4v) is 2.89. The minimum atomic E-state index is 0.170. The van der Waals surface area contributed by atoms with Crippen molar-refractivity contribution >= 4 is 5.78 Å². The van der Waals surface area contributed by atoms with Crippen LogP contribution in [0.1, 0.15) is 42.6 Å². The van der Waals surface area contributed by atoms with E-state index in [0.717, 1.165) is 18.7 Å². The number of piperidine rings is 1. The standard InChI is InChI=1S/C17H21N3O/c21-17(10-9-14-6-4-5-12-18-14)16-11-13-19-20(16)15-7-2-1-3-8-15/h1-3,7-8,11,13-14,18H,4-6,9-10,12H2. The average Bonchev–Trinajstić information content (AvgIpc) is 3.04. The first-order valence-electron chi connectivity index (χ1n) is 7.70. The molecule has 1 atom stereocenters. The molecule has 1 aliphatic heterocycles. The first kappa shape index (κ1) is 14.0. The molecule has 1 aliphatic rings. The first-order valence-corrected chi connectivity index (χ1v) is 7.70. The average molecular weight is 283 g/mol. The summed E-state index contributed by atoms with van der Waals surface area (Å²) in [6.07, 6.45) is 6.90. The number of hydrogen-bond acceptors (Lipinski definition) is 3. The molecule has 0 spiro atoms. The van der Waals surface area contributed by atoms with Gasteiger partial charge in [-0.25, -0.2) is 4.68 Å². The van der Waals surface area contributed by atoms with Crippen molar-refractivity contribution in [3.05, 3.63) is 48.3 Å². The Morgan fingerprint density at radius 2 is 2.10 bits per heavy atom. The fourth-order valence-electron chi connectivity index (χ4n) is 2.89. The van der Waals surface area contributed by atoms with Crippen molar-refractivity contribution in [3.63, 3.8) is 0 Å². The number of nitrogens with zero attached hydrogens (tertiary/aromatic N) is 2. The molecule has 4 nitrogen and oxygen atoms in total. The molecule has 0 amide bonds. The summed E-state index contributed by atoms with van der Waals surface area (Å²) in [4.78, 5) is 12.5. The van der Waals surface area contributed by atoms with Crippen LogP contribution < -0.4 is 5.32 Å². The molecule has 0 radical (unpaired) electrons. The Labute approximate surface area is 125 Å². The van der Waals surface area contributed by atoms with Crippen LogP contribution in [0.25, 0.3) is 5.69 Å². The van der Waals surface area contributed by atoms with Gasteiger partial charge in [-0.2, -0.15) is 5.10 Å².